The number of phenols is 1. The Morgan fingerprint density at radius 1 is 1.15 bits per heavy atom. The van der Waals surface area contributed by atoms with Crippen molar-refractivity contribution in [2.24, 2.45) is 0 Å². The maximum Gasteiger partial charge on any atom is 0.251 e. The third-order valence-electron chi connectivity index (χ3n) is 4.14. The van der Waals surface area contributed by atoms with Gasteiger partial charge >= 0.3 is 0 Å². The number of hydrogen-bond donors (Lipinski definition) is 3. The van der Waals surface area contributed by atoms with Gasteiger partial charge in [-0.25, -0.2) is 4.39 Å². The molecule has 0 aliphatic carbocycles. The maximum absolute atomic E-state index is 13.0. The molecule has 0 saturated carbocycles. The number of carbonyl (C=O) groups is 2. The van der Waals surface area contributed by atoms with Crippen molar-refractivity contribution >= 4 is 17.5 Å². The molecule has 3 N–H and O–H groups in total. The Kier molecular flexibility index (Phi) is 5.97. The van der Waals surface area contributed by atoms with E-state index in [2.05, 4.69) is 10.6 Å². The van der Waals surface area contributed by atoms with E-state index in [0.717, 1.165) is 12.5 Å². The van der Waals surface area contributed by atoms with E-state index < -0.39 is 5.82 Å². The van der Waals surface area contributed by atoms with Gasteiger partial charge in [0.05, 0.1) is 6.42 Å². The molecule has 6 heteroatoms. The van der Waals surface area contributed by atoms with Gasteiger partial charge in [0.2, 0.25) is 5.91 Å². The molecule has 26 heavy (non-hydrogen) atoms. The fourth-order valence-electron chi connectivity index (χ4n) is 2.27. The zero-order chi connectivity index (χ0) is 19.3. The Bertz CT molecular complexity index is 818. The fraction of sp³-hybridized carbons (Fsp3) is 0.300. The van der Waals surface area contributed by atoms with Crippen LogP contribution in [0.1, 0.15) is 43.1 Å². The second-order valence-corrected chi connectivity index (χ2v) is 6.77. The first-order chi connectivity index (χ1) is 12.2. The van der Waals surface area contributed by atoms with Crippen LogP contribution < -0.4 is 10.6 Å². The molecule has 0 heterocycles. The van der Waals surface area contributed by atoms with E-state index >= 15 is 0 Å². The van der Waals surface area contributed by atoms with Crippen LogP contribution in [0.5, 0.6) is 5.75 Å². The summed E-state index contributed by atoms with van der Waals surface area (Å²) in [6.45, 7) is 5.86. The van der Waals surface area contributed by atoms with Crippen LogP contribution in [-0.2, 0) is 11.2 Å². The van der Waals surface area contributed by atoms with Gasteiger partial charge in [-0.15, -0.1) is 0 Å². The molecular weight excluding hydrogens is 335 g/mol. The number of aromatic hydroxyl groups is 1. The third kappa shape index (κ3) is 5.31. The molecule has 0 aliphatic rings. The molecule has 2 aromatic carbocycles. The van der Waals surface area contributed by atoms with Crippen molar-refractivity contribution in [1.82, 2.24) is 5.32 Å². The standard InChI is InChI=1S/C20H23FN2O3/c1-4-20(2,3)23-19(26)14-6-5-7-16(10-14)22-18(25)11-13-8-9-15(21)12-17(13)24/h5-10,12,24H,4,11H2,1-3H3,(H,22,25)(H,23,26). The SMILES string of the molecule is CCC(C)(C)NC(=O)c1cccc(NC(=O)Cc2ccc(F)cc2O)c1. The van der Waals surface area contributed by atoms with Crippen LogP contribution in [0.15, 0.2) is 42.5 Å². The quantitative estimate of drug-likeness (QED) is 0.738. The van der Waals surface area contributed by atoms with Crippen molar-refractivity contribution in [2.75, 3.05) is 5.32 Å². The zero-order valence-corrected chi connectivity index (χ0v) is 15.1. The Morgan fingerprint density at radius 2 is 1.88 bits per heavy atom. The van der Waals surface area contributed by atoms with Gasteiger partial charge in [-0.05, 0) is 44.5 Å². The minimum absolute atomic E-state index is 0.106. The van der Waals surface area contributed by atoms with Crippen molar-refractivity contribution < 1.29 is 19.1 Å². The predicted octanol–water partition coefficient (Wildman–Crippen LogP) is 3.63. The van der Waals surface area contributed by atoms with Crippen LogP contribution in [0.4, 0.5) is 10.1 Å². The fourth-order valence-corrected chi connectivity index (χ4v) is 2.27. The monoisotopic (exact) mass is 358 g/mol. The van der Waals surface area contributed by atoms with Crippen molar-refractivity contribution in [1.29, 1.82) is 0 Å². The molecule has 0 radical (unpaired) electrons. The van der Waals surface area contributed by atoms with Gasteiger partial charge in [0.1, 0.15) is 11.6 Å². The highest BCUT2D eigenvalue weighted by molar-refractivity contribution is 5.98. The van der Waals surface area contributed by atoms with Crippen LogP contribution in [0.2, 0.25) is 0 Å². The number of amides is 2. The summed E-state index contributed by atoms with van der Waals surface area (Å²) in [7, 11) is 0. The number of carbonyl (C=O) groups excluding carboxylic acids is 2. The summed E-state index contributed by atoms with van der Waals surface area (Å²) in [6.07, 6.45) is 0.682. The van der Waals surface area contributed by atoms with Gasteiger partial charge < -0.3 is 15.7 Å². The first kappa shape index (κ1) is 19.4. The minimum Gasteiger partial charge on any atom is -0.508 e. The number of rotatable bonds is 6. The summed E-state index contributed by atoms with van der Waals surface area (Å²) in [6, 6.07) is 10.1. The summed E-state index contributed by atoms with van der Waals surface area (Å²) in [5, 5.41) is 15.3. The Balaban J connectivity index is 2.05. The second kappa shape index (κ2) is 7.99. The van der Waals surface area contributed by atoms with Crippen LogP contribution in [0.25, 0.3) is 0 Å². The highest BCUT2D eigenvalue weighted by Crippen LogP contribution is 2.19. The molecule has 0 spiro atoms. The normalized spacial score (nSPS) is 11.1. The van der Waals surface area contributed by atoms with Crippen LogP contribution in [0.3, 0.4) is 0 Å². The van der Waals surface area contributed by atoms with Crippen molar-refractivity contribution in [2.45, 2.75) is 39.2 Å². The lowest BCUT2D eigenvalue weighted by Gasteiger charge is -2.24. The van der Waals surface area contributed by atoms with E-state index in [1.165, 1.54) is 12.1 Å². The summed E-state index contributed by atoms with van der Waals surface area (Å²) in [4.78, 5) is 24.5. The van der Waals surface area contributed by atoms with Crippen molar-refractivity contribution in [3.8, 4) is 5.75 Å². The Hall–Kier alpha value is -2.89. The summed E-state index contributed by atoms with van der Waals surface area (Å²) in [5.74, 6) is -1.43. The summed E-state index contributed by atoms with van der Waals surface area (Å²) in [5.41, 5.74) is 0.909. The van der Waals surface area contributed by atoms with E-state index in [1.807, 2.05) is 20.8 Å². The highest BCUT2D eigenvalue weighted by atomic mass is 19.1. The lowest BCUT2D eigenvalue weighted by atomic mass is 10.0. The van der Waals surface area contributed by atoms with Gasteiger partial charge in [-0.2, -0.15) is 0 Å². The molecule has 0 unspecified atom stereocenters. The molecule has 138 valence electrons. The number of halogens is 1. The number of anilines is 1. The van der Waals surface area contributed by atoms with E-state index in [9.17, 15) is 19.1 Å². The molecule has 0 saturated heterocycles. The van der Waals surface area contributed by atoms with E-state index in [0.29, 0.717) is 16.8 Å². The first-order valence-electron chi connectivity index (χ1n) is 8.40. The van der Waals surface area contributed by atoms with Crippen molar-refractivity contribution in [3.05, 3.63) is 59.4 Å². The van der Waals surface area contributed by atoms with E-state index in [-0.39, 0.29) is 29.5 Å². The Labute approximate surface area is 152 Å². The summed E-state index contributed by atoms with van der Waals surface area (Å²) >= 11 is 0. The number of hydrogen-bond acceptors (Lipinski definition) is 3. The molecule has 5 nitrogen and oxygen atoms in total. The average Bonchev–Trinajstić information content (AvgIpc) is 2.57. The van der Waals surface area contributed by atoms with Crippen molar-refractivity contribution in [3.63, 3.8) is 0 Å². The zero-order valence-electron chi connectivity index (χ0n) is 15.1. The van der Waals surface area contributed by atoms with E-state index in [1.54, 1.807) is 24.3 Å². The van der Waals surface area contributed by atoms with Crippen LogP contribution >= 0.6 is 0 Å². The molecule has 0 bridgehead atoms. The van der Waals surface area contributed by atoms with Gasteiger partial charge in [0, 0.05) is 28.4 Å². The van der Waals surface area contributed by atoms with Crippen LogP contribution in [0, 0.1) is 5.82 Å². The third-order valence-corrected chi connectivity index (χ3v) is 4.14. The number of benzene rings is 2. The average molecular weight is 358 g/mol. The number of phenolic OH excluding ortho intramolecular Hbond substituents is 1. The van der Waals surface area contributed by atoms with E-state index in [4.69, 9.17) is 0 Å². The van der Waals surface area contributed by atoms with Gasteiger partial charge in [0.15, 0.2) is 0 Å². The second-order valence-electron chi connectivity index (χ2n) is 6.77. The minimum atomic E-state index is -0.569. The summed E-state index contributed by atoms with van der Waals surface area (Å²) < 4.78 is 13.0. The molecular formula is C20H23FN2O3. The Morgan fingerprint density at radius 3 is 2.54 bits per heavy atom. The lowest BCUT2D eigenvalue weighted by molar-refractivity contribution is -0.115. The van der Waals surface area contributed by atoms with Gasteiger partial charge in [-0.3, -0.25) is 9.59 Å². The van der Waals surface area contributed by atoms with Crippen LogP contribution in [-0.4, -0.2) is 22.5 Å². The molecule has 0 aromatic heterocycles. The first-order valence-corrected chi connectivity index (χ1v) is 8.40. The molecule has 0 atom stereocenters. The predicted molar refractivity (Wildman–Crippen MR) is 98.7 cm³/mol. The topological polar surface area (TPSA) is 78.4 Å². The molecule has 0 aliphatic heterocycles. The van der Waals surface area contributed by atoms with Gasteiger partial charge in [0.25, 0.3) is 5.91 Å². The lowest BCUT2D eigenvalue weighted by Crippen LogP contribution is -2.42. The molecule has 2 amide bonds. The smallest absolute Gasteiger partial charge is 0.251 e. The maximum atomic E-state index is 13.0. The molecule has 0 fully saturated rings. The number of nitrogens with one attached hydrogen (secondary N) is 2. The largest absolute Gasteiger partial charge is 0.508 e. The molecule has 2 aromatic rings. The van der Waals surface area contributed by atoms with Gasteiger partial charge in [-0.1, -0.05) is 19.1 Å². The molecule has 2 rings (SSSR count). The highest BCUT2D eigenvalue weighted by Gasteiger charge is 2.19.